The van der Waals surface area contributed by atoms with Crippen molar-refractivity contribution in [3.05, 3.63) is 65.4 Å². The highest BCUT2D eigenvalue weighted by molar-refractivity contribution is 6.08. The van der Waals surface area contributed by atoms with Gasteiger partial charge in [0.1, 0.15) is 5.75 Å². The number of rotatable bonds is 8. The Balaban J connectivity index is 2.03. The second-order valence-corrected chi connectivity index (χ2v) is 6.32. The van der Waals surface area contributed by atoms with Crippen molar-refractivity contribution in [3.8, 4) is 5.75 Å². The first-order valence-electron chi connectivity index (χ1n) is 9.09. The summed E-state index contributed by atoms with van der Waals surface area (Å²) in [5.41, 5.74) is 14.6. The number of ether oxygens (including phenoxy) is 1. The number of fused-ring (bicyclic) bond motifs is 1. The highest BCUT2D eigenvalue weighted by Crippen LogP contribution is 2.31. The molecule has 0 saturated carbocycles. The molecule has 0 radical (unpaired) electrons. The number of amides is 1. The van der Waals surface area contributed by atoms with Gasteiger partial charge in [-0.25, -0.2) is 0 Å². The lowest BCUT2D eigenvalue weighted by molar-refractivity contribution is 0.100. The Kier molecular flexibility index (Phi) is 6.08. The molecule has 0 aliphatic rings. The summed E-state index contributed by atoms with van der Waals surface area (Å²) in [5, 5.41) is 13.9. The number of hydrogen-bond acceptors (Lipinski definition) is 6. The Hall–Kier alpha value is -3.16. The van der Waals surface area contributed by atoms with E-state index in [0.29, 0.717) is 40.9 Å². The van der Waals surface area contributed by atoms with Crippen LogP contribution in [0.1, 0.15) is 34.5 Å². The van der Waals surface area contributed by atoms with Gasteiger partial charge in [0.05, 0.1) is 36.0 Å². The van der Waals surface area contributed by atoms with Crippen LogP contribution in [0.2, 0.25) is 0 Å². The maximum atomic E-state index is 11.7. The fraction of sp³-hybridized carbons (Fsp3) is 0.238. The van der Waals surface area contributed by atoms with Gasteiger partial charge in [0, 0.05) is 23.7 Å². The first-order chi connectivity index (χ1) is 13.6. The third-order valence-electron chi connectivity index (χ3n) is 4.56. The summed E-state index contributed by atoms with van der Waals surface area (Å²) in [6, 6.07) is 12.7. The Labute approximate surface area is 163 Å². The molecule has 1 unspecified atom stereocenters. The molecule has 0 saturated heterocycles. The van der Waals surface area contributed by atoms with Gasteiger partial charge in [-0.05, 0) is 30.7 Å². The Bertz CT molecular complexity index is 973. The number of hydrogen-bond donors (Lipinski definition) is 4. The number of aliphatic hydroxyl groups is 1. The molecule has 3 rings (SSSR count). The summed E-state index contributed by atoms with van der Waals surface area (Å²) >= 11 is 0. The van der Waals surface area contributed by atoms with Gasteiger partial charge in [-0.2, -0.15) is 0 Å². The molecule has 0 aliphatic carbocycles. The lowest BCUT2D eigenvalue weighted by Crippen LogP contribution is -2.22. The van der Waals surface area contributed by atoms with Crippen LogP contribution in [-0.4, -0.2) is 29.1 Å². The number of aromatic nitrogens is 1. The largest absolute Gasteiger partial charge is 0.494 e. The third kappa shape index (κ3) is 3.90. The van der Waals surface area contributed by atoms with E-state index in [1.54, 1.807) is 18.3 Å². The average Bonchev–Trinajstić information content (AvgIpc) is 2.72. The number of carbonyl (C=O) groups is 1. The lowest BCUT2D eigenvalue weighted by Gasteiger charge is -2.22. The monoisotopic (exact) mass is 380 g/mol. The molecule has 0 aliphatic heterocycles. The highest BCUT2D eigenvalue weighted by Gasteiger charge is 2.17. The summed E-state index contributed by atoms with van der Waals surface area (Å²) < 4.78 is 5.49. The molecule has 0 bridgehead atoms. The first-order valence-corrected chi connectivity index (χ1v) is 9.09. The topological polar surface area (TPSA) is 123 Å². The number of primary amides is 1. The molecule has 28 heavy (non-hydrogen) atoms. The van der Waals surface area contributed by atoms with Crippen LogP contribution in [-0.2, 0) is 6.61 Å². The molecular weight excluding hydrogens is 356 g/mol. The molecule has 1 atom stereocenters. The number of para-hydroxylation sites is 1. The van der Waals surface area contributed by atoms with Gasteiger partial charge < -0.3 is 26.6 Å². The van der Waals surface area contributed by atoms with Gasteiger partial charge in [0.25, 0.3) is 5.91 Å². The van der Waals surface area contributed by atoms with E-state index in [1.807, 2.05) is 37.3 Å². The molecular formula is C21H24N4O3. The Morgan fingerprint density at radius 1 is 1.25 bits per heavy atom. The first kappa shape index (κ1) is 19.6. The molecule has 146 valence electrons. The number of nitrogens with one attached hydrogen (secondary N) is 1. The van der Waals surface area contributed by atoms with E-state index in [-0.39, 0.29) is 12.6 Å². The zero-order chi connectivity index (χ0) is 20.1. The van der Waals surface area contributed by atoms with Crippen LogP contribution in [0.4, 0.5) is 5.69 Å². The molecule has 7 nitrogen and oxygen atoms in total. The van der Waals surface area contributed by atoms with Crippen molar-refractivity contribution < 1.29 is 14.6 Å². The zero-order valence-electron chi connectivity index (χ0n) is 15.7. The number of carbonyl (C=O) groups excluding carboxylic acids is 1. The van der Waals surface area contributed by atoms with Crippen molar-refractivity contribution in [2.45, 2.75) is 19.6 Å². The van der Waals surface area contributed by atoms with Crippen molar-refractivity contribution >= 4 is 22.5 Å². The van der Waals surface area contributed by atoms with Gasteiger partial charge >= 0.3 is 0 Å². The van der Waals surface area contributed by atoms with E-state index in [1.165, 1.54) is 0 Å². The number of nitrogens with zero attached hydrogens (tertiary/aromatic N) is 1. The number of anilines is 1. The van der Waals surface area contributed by atoms with Crippen LogP contribution in [0.25, 0.3) is 10.9 Å². The van der Waals surface area contributed by atoms with Crippen LogP contribution in [0.5, 0.6) is 5.75 Å². The van der Waals surface area contributed by atoms with Crippen molar-refractivity contribution in [2.75, 3.05) is 18.5 Å². The number of pyridine rings is 1. The molecule has 3 aromatic rings. The smallest absolute Gasteiger partial charge is 0.250 e. The fourth-order valence-electron chi connectivity index (χ4n) is 3.17. The molecule has 1 heterocycles. The van der Waals surface area contributed by atoms with Gasteiger partial charge in [0.15, 0.2) is 0 Å². The number of aliphatic hydroxyl groups excluding tert-OH is 1. The van der Waals surface area contributed by atoms with E-state index >= 15 is 0 Å². The molecule has 6 N–H and O–H groups in total. The molecule has 1 amide bonds. The van der Waals surface area contributed by atoms with E-state index in [2.05, 4.69) is 10.3 Å². The second kappa shape index (κ2) is 8.69. The summed E-state index contributed by atoms with van der Waals surface area (Å²) in [6.07, 6.45) is 1.54. The molecule has 7 heteroatoms. The Morgan fingerprint density at radius 2 is 2.00 bits per heavy atom. The van der Waals surface area contributed by atoms with Crippen LogP contribution in [0, 0.1) is 0 Å². The normalized spacial score (nSPS) is 12.0. The Morgan fingerprint density at radius 3 is 2.61 bits per heavy atom. The van der Waals surface area contributed by atoms with E-state index in [4.69, 9.17) is 16.2 Å². The minimum Gasteiger partial charge on any atom is -0.494 e. The average molecular weight is 380 g/mol. The molecule has 2 aromatic carbocycles. The van der Waals surface area contributed by atoms with Crippen LogP contribution >= 0.6 is 0 Å². The van der Waals surface area contributed by atoms with Crippen molar-refractivity contribution in [2.24, 2.45) is 11.5 Å². The fourth-order valence-corrected chi connectivity index (χ4v) is 3.17. The van der Waals surface area contributed by atoms with Gasteiger partial charge in [-0.1, -0.05) is 24.3 Å². The van der Waals surface area contributed by atoms with Crippen molar-refractivity contribution in [1.29, 1.82) is 0 Å². The minimum absolute atomic E-state index is 0.202. The number of nitrogens with two attached hydrogens (primary N) is 2. The van der Waals surface area contributed by atoms with Crippen molar-refractivity contribution in [3.63, 3.8) is 0 Å². The third-order valence-corrected chi connectivity index (χ3v) is 4.56. The molecule has 0 fully saturated rings. The van der Waals surface area contributed by atoms with E-state index in [9.17, 15) is 9.90 Å². The van der Waals surface area contributed by atoms with Gasteiger partial charge in [-0.15, -0.1) is 0 Å². The zero-order valence-corrected chi connectivity index (χ0v) is 15.7. The van der Waals surface area contributed by atoms with Crippen LogP contribution in [0.15, 0.2) is 48.7 Å². The van der Waals surface area contributed by atoms with E-state index < -0.39 is 5.91 Å². The molecule has 0 spiro atoms. The van der Waals surface area contributed by atoms with E-state index in [0.717, 1.165) is 11.3 Å². The summed E-state index contributed by atoms with van der Waals surface area (Å²) in [5.74, 6) is 0.237. The summed E-state index contributed by atoms with van der Waals surface area (Å²) in [6.45, 7) is 2.66. The van der Waals surface area contributed by atoms with Crippen LogP contribution < -0.4 is 21.5 Å². The maximum Gasteiger partial charge on any atom is 0.250 e. The molecule has 1 aromatic heterocycles. The second-order valence-electron chi connectivity index (χ2n) is 6.32. The minimum atomic E-state index is -0.553. The van der Waals surface area contributed by atoms with Gasteiger partial charge in [-0.3, -0.25) is 9.78 Å². The number of benzene rings is 2. The lowest BCUT2D eigenvalue weighted by atomic mass is 10.0. The van der Waals surface area contributed by atoms with Crippen molar-refractivity contribution in [1.82, 2.24) is 4.98 Å². The van der Waals surface area contributed by atoms with Crippen LogP contribution in [0.3, 0.4) is 0 Å². The predicted molar refractivity (Wildman–Crippen MR) is 109 cm³/mol. The van der Waals surface area contributed by atoms with Gasteiger partial charge in [0.2, 0.25) is 0 Å². The summed E-state index contributed by atoms with van der Waals surface area (Å²) in [7, 11) is 0. The highest BCUT2D eigenvalue weighted by atomic mass is 16.5. The SMILES string of the molecule is CCOc1ccc(C(CN)Nc2c(CO)cnc3c(C(N)=O)cccc23)cc1. The summed E-state index contributed by atoms with van der Waals surface area (Å²) in [4.78, 5) is 16.1. The maximum absolute atomic E-state index is 11.7. The predicted octanol–water partition coefficient (Wildman–Crippen LogP) is 2.34. The quantitative estimate of drug-likeness (QED) is 0.476. The standard InChI is InChI=1S/C21H24N4O3/c1-2-28-15-8-6-13(7-9-15)18(10-22)25-19-14(12-26)11-24-20-16(19)4-3-5-17(20)21(23)27/h3-9,11,18,26H,2,10,12,22H2,1H3,(H2,23,27)(H,24,25).